The lowest BCUT2D eigenvalue weighted by atomic mass is 9.96. The molecule has 0 unspecified atom stereocenters. The van der Waals surface area contributed by atoms with Gasteiger partial charge in [-0.1, -0.05) is 27.7 Å². The van der Waals surface area contributed by atoms with Crippen LogP contribution in [0.25, 0.3) is 11.0 Å². The van der Waals surface area contributed by atoms with Crippen molar-refractivity contribution in [1.29, 1.82) is 0 Å². The van der Waals surface area contributed by atoms with Crippen LogP contribution in [0.1, 0.15) is 39.9 Å². The molecule has 0 fully saturated rings. The van der Waals surface area contributed by atoms with Gasteiger partial charge in [0.05, 0.1) is 11.0 Å². The lowest BCUT2D eigenvalue weighted by Crippen LogP contribution is -2.12. The van der Waals surface area contributed by atoms with Crippen molar-refractivity contribution in [2.75, 3.05) is 5.32 Å². The molecule has 0 aliphatic carbocycles. The zero-order valence-electron chi connectivity index (χ0n) is 11.3. The number of aromatic nitrogens is 2. The van der Waals surface area contributed by atoms with E-state index in [-0.39, 0.29) is 11.3 Å². The summed E-state index contributed by atoms with van der Waals surface area (Å²) in [6.45, 7) is 8.18. The Bertz CT molecular complexity index is 578. The largest absolute Gasteiger partial charge is 0.341 e. The van der Waals surface area contributed by atoms with Gasteiger partial charge < -0.3 is 10.3 Å². The highest BCUT2D eigenvalue weighted by Gasteiger charge is 2.18. The van der Waals surface area contributed by atoms with Gasteiger partial charge in [-0.25, -0.2) is 4.98 Å². The molecular formula is C14H19N3O. The maximum Gasteiger partial charge on any atom is 0.224 e. The van der Waals surface area contributed by atoms with E-state index in [2.05, 4.69) is 36.1 Å². The molecule has 1 aromatic carbocycles. The fourth-order valence-electron chi connectivity index (χ4n) is 1.69. The fraction of sp³-hybridized carbons (Fsp3) is 0.429. The Morgan fingerprint density at radius 2 is 2.11 bits per heavy atom. The molecule has 0 atom stereocenters. The van der Waals surface area contributed by atoms with E-state index < -0.39 is 0 Å². The molecule has 0 spiro atoms. The SMILES string of the molecule is CCC(=O)Nc1ccc2nc(C(C)(C)C)[nH]c2c1. The summed E-state index contributed by atoms with van der Waals surface area (Å²) in [5.74, 6) is 0.973. The number of anilines is 1. The summed E-state index contributed by atoms with van der Waals surface area (Å²) in [4.78, 5) is 19.2. The van der Waals surface area contributed by atoms with Crippen molar-refractivity contribution in [1.82, 2.24) is 9.97 Å². The summed E-state index contributed by atoms with van der Waals surface area (Å²) in [5.41, 5.74) is 2.67. The number of nitrogens with one attached hydrogen (secondary N) is 2. The Hall–Kier alpha value is -1.84. The predicted octanol–water partition coefficient (Wildman–Crippen LogP) is 3.21. The fourth-order valence-corrected chi connectivity index (χ4v) is 1.69. The van der Waals surface area contributed by atoms with Gasteiger partial charge >= 0.3 is 0 Å². The number of amides is 1. The molecule has 2 N–H and O–H groups in total. The lowest BCUT2D eigenvalue weighted by molar-refractivity contribution is -0.115. The van der Waals surface area contributed by atoms with Crippen LogP contribution in [0.2, 0.25) is 0 Å². The van der Waals surface area contributed by atoms with E-state index in [1.165, 1.54) is 0 Å². The van der Waals surface area contributed by atoms with Crippen LogP contribution < -0.4 is 5.32 Å². The Morgan fingerprint density at radius 3 is 2.72 bits per heavy atom. The normalized spacial score (nSPS) is 11.8. The molecule has 4 nitrogen and oxygen atoms in total. The molecule has 0 aliphatic heterocycles. The third-order valence-electron chi connectivity index (χ3n) is 2.80. The number of imidazole rings is 1. The molecule has 2 rings (SSSR count). The molecule has 0 bridgehead atoms. The summed E-state index contributed by atoms with van der Waals surface area (Å²) in [6, 6.07) is 5.72. The minimum atomic E-state index is -0.00809. The monoisotopic (exact) mass is 245 g/mol. The number of rotatable bonds is 2. The maximum absolute atomic E-state index is 11.3. The van der Waals surface area contributed by atoms with Crippen molar-refractivity contribution in [2.45, 2.75) is 39.5 Å². The molecular weight excluding hydrogens is 226 g/mol. The molecule has 4 heteroatoms. The van der Waals surface area contributed by atoms with E-state index in [9.17, 15) is 4.79 Å². The van der Waals surface area contributed by atoms with Crippen LogP contribution in [0.5, 0.6) is 0 Å². The van der Waals surface area contributed by atoms with Crippen LogP contribution in [-0.4, -0.2) is 15.9 Å². The molecule has 0 radical (unpaired) electrons. The zero-order valence-corrected chi connectivity index (χ0v) is 11.3. The van der Waals surface area contributed by atoms with E-state index in [0.717, 1.165) is 22.5 Å². The van der Waals surface area contributed by atoms with E-state index in [4.69, 9.17) is 0 Å². The first-order valence-electron chi connectivity index (χ1n) is 6.20. The highest BCUT2D eigenvalue weighted by molar-refractivity contribution is 5.92. The first-order valence-corrected chi connectivity index (χ1v) is 6.20. The van der Waals surface area contributed by atoms with Crippen molar-refractivity contribution < 1.29 is 4.79 Å². The molecule has 18 heavy (non-hydrogen) atoms. The van der Waals surface area contributed by atoms with Crippen molar-refractivity contribution >= 4 is 22.6 Å². The predicted molar refractivity (Wildman–Crippen MR) is 73.7 cm³/mol. The minimum absolute atomic E-state index is 0.00809. The molecule has 96 valence electrons. The quantitative estimate of drug-likeness (QED) is 0.853. The molecule has 1 heterocycles. The zero-order chi connectivity index (χ0) is 13.3. The van der Waals surface area contributed by atoms with Gasteiger partial charge in [-0.2, -0.15) is 0 Å². The first kappa shape index (κ1) is 12.6. The molecule has 0 saturated heterocycles. The Balaban J connectivity index is 2.37. The van der Waals surface area contributed by atoms with Gasteiger partial charge in [0.2, 0.25) is 5.91 Å². The number of hydrogen-bond acceptors (Lipinski definition) is 2. The number of hydrogen-bond donors (Lipinski definition) is 2. The van der Waals surface area contributed by atoms with Gasteiger partial charge in [0, 0.05) is 17.5 Å². The van der Waals surface area contributed by atoms with Crippen molar-refractivity contribution in [3.05, 3.63) is 24.0 Å². The van der Waals surface area contributed by atoms with Crippen LogP contribution in [0, 0.1) is 0 Å². The van der Waals surface area contributed by atoms with Gasteiger partial charge in [-0.05, 0) is 18.2 Å². The van der Waals surface area contributed by atoms with Crippen molar-refractivity contribution in [3.8, 4) is 0 Å². The Kier molecular flexibility index (Phi) is 3.11. The number of carbonyl (C=O) groups excluding carboxylic acids is 1. The van der Waals surface area contributed by atoms with Gasteiger partial charge in [0.1, 0.15) is 5.82 Å². The minimum Gasteiger partial charge on any atom is -0.341 e. The van der Waals surface area contributed by atoms with Crippen LogP contribution in [0.15, 0.2) is 18.2 Å². The summed E-state index contributed by atoms with van der Waals surface area (Å²) >= 11 is 0. The number of aromatic amines is 1. The third-order valence-corrected chi connectivity index (χ3v) is 2.80. The highest BCUT2D eigenvalue weighted by Crippen LogP contribution is 2.24. The Morgan fingerprint density at radius 1 is 1.39 bits per heavy atom. The number of nitrogens with zero attached hydrogens (tertiary/aromatic N) is 1. The van der Waals surface area contributed by atoms with Crippen LogP contribution >= 0.6 is 0 Å². The average molecular weight is 245 g/mol. The molecule has 1 amide bonds. The summed E-state index contributed by atoms with van der Waals surface area (Å²) in [5, 5.41) is 2.85. The topological polar surface area (TPSA) is 57.8 Å². The maximum atomic E-state index is 11.3. The van der Waals surface area contributed by atoms with E-state index in [1.807, 2.05) is 25.1 Å². The molecule has 1 aromatic heterocycles. The number of benzene rings is 1. The second kappa shape index (κ2) is 4.44. The number of H-pyrrole nitrogens is 1. The van der Waals surface area contributed by atoms with Crippen LogP contribution in [-0.2, 0) is 10.2 Å². The van der Waals surface area contributed by atoms with Crippen molar-refractivity contribution in [2.24, 2.45) is 0 Å². The third kappa shape index (κ3) is 2.53. The van der Waals surface area contributed by atoms with Crippen molar-refractivity contribution in [3.63, 3.8) is 0 Å². The van der Waals surface area contributed by atoms with E-state index in [0.29, 0.717) is 6.42 Å². The summed E-state index contributed by atoms with van der Waals surface area (Å²) < 4.78 is 0. The number of fused-ring (bicyclic) bond motifs is 1. The second-order valence-corrected chi connectivity index (χ2v) is 5.47. The summed E-state index contributed by atoms with van der Waals surface area (Å²) in [6.07, 6.45) is 0.480. The van der Waals surface area contributed by atoms with Gasteiger partial charge in [-0.15, -0.1) is 0 Å². The van der Waals surface area contributed by atoms with Crippen LogP contribution in [0.3, 0.4) is 0 Å². The second-order valence-electron chi connectivity index (χ2n) is 5.47. The molecule has 0 saturated carbocycles. The standard InChI is InChI=1S/C14H19N3O/c1-5-12(18)15-9-6-7-10-11(8-9)17-13(16-10)14(2,3)4/h6-8H,5H2,1-4H3,(H,15,18)(H,16,17). The number of carbonyl (C=O) groups is 1. The van der Waals surface area contributed by atoms with Gasteiger partial charge in [0.15, 0.2) is 0 Å². The smallest absolute Gasteiger partial charge is 0.224 e. The Labute approximate surface area is 107 Å². The van der Waals surface area contributed by atoms with Gasteiger partial charge in [-0.3, -0.25) is 4.79 Å². The van der Waals surface area contributed by atoms with Gasteiger partial charge in [0.25, 0.3) is 0 Å². The van der Waals surface area contributed by atoms with E-state index in [1.54, 1.807) is 0 Å². The first-order chi connectivity index (χ1) is 8.40. The summed E-state index contributed by atoms with van der Waals surface area (Å²) in [7, 11) is 0. The highest BCUT2D eigenvalue weighted by atomic mass is 16.1. The van der Waals surface area contributed by atoms with Crippen LogP contribution in [0.4, 0.5) is 5.69 Å². The molecule has 2 aromatic rings. The van der Waals surface area contributed by atoms with E-state index >= 15 is 0 Å². The lowest BCUT2D eigenvalue weighted by Gasteiger charge is -2.13. The molecule has 0 aliphatic rings. The average Bonchev–Trinajstić information content (AvgIpc) is 2.71.